The van der Waals surface area contributed by atoms with Gasteiger partial charge in [0.05, 0.1) is 0 Å². The van der Waals surface area contributed by atoms with Crippen molar-refractivity contribution in [2.45, 2.75) is 40.5 Å². The minimum Gasteiger partial charge on any atom is -0.107 e. The number of unbranched alkanes of at least 4 members (excludes halogenated alkanes) is 1. The normalized spacial score (nSPS) is 7.00. The van der Waals surface area contributed by atoms with Crippen molar-refractivity contribution in [2.75, 3.05) is 0 Å². The van der Waals surface area contributed by atoms with Crippen LogP contribution in [0.15, 0.2) is 12.2 Å². The van der Waals surface area contributed by atoms with E-state index in [4.69, 9.17) is 0 Å². The van der Waals surface area contributed by atoms with Crippen LogP contribution >= 0.6 is 0 Å². The largest absolute Gasteiger partial charge is 0.107 e. The van der Waals surface area contributed by atoms with Crippen LogP contribution in [0.4, 0.5) is 0 Å². The van der Waals surface area contributed by atoms with E-state index in [0.717, 1.165) is 6.42 Å². The average molecular weight is 162 g/mol. The SMILES string of the molecule is CC#C/C=C/C.CC#CCCC. The molecule has 0 aromatic heterocycles. The van der Waals surface area contributed by atoms with E-state index >= 15 is 0 Å². The number of hydrogen-bond donors (Lipinski definition) is 0. The highest BCUT2D eigenvalue weighted by atomic mass is 13.7. The van der Waals surface area contributed by atoms with E-state index in [1.54, 1.807) is 0 Å². The molecule has 0 aliphatic heterocycles. The smallest absolute Gasteiger partial charge is 0.00859 e. The monoisotopic (exact) mass is 162 g/mol. The molecular formula is C12H18. The molecule has 0 amide bonds. The van der Waals surface area contributed by atoms with Gasteiger partial charge in [0.2, 0.25) is 0 Å². The first kappa shape index (κ1) is 13.4. The molecule has 0 spiro atoms. The predicted molar refractivity (Wildman–Crippen MR) is 56.6 cm³/mol. The maximum atomic E-state index is 2.95. The Labute approximate surface area is 77.1 Å². The van der Waals surface area contributed by atoms with Crippen molar-refractivity contribution in [3.63, 3.8) is 0 Å². The molecule has 12 heavy (non-hydrogen) atoms. The lowest BCUT2D eigenvalue weighted by atomic mass is 10.3. The third-order valence-corrected chi connectivity index (χ3v) is 0.946. The summed E-state index contributed by atoms with van der Waals surface area (Å²) in [6.45, 7) is 7.77. The first-order valence-electron chi connectivity index (χ1n) is 4.26. The summed E-state index contributed by atoms with van der Waals surface area (Å²) in [5, 5.41) is 0. The van der Waals surface area contributed by atoms with Crippen LogP contribution in [-0.2, 0) is 0 Å². The second-order valence-electron chi connectivity index (χ2n) is 2.07. The molecule has 0 fully saturated rings. The van der Waals surface area contributed by atoms with Crippen LogP contribution in [0.3, 0.4) is 0 Å². The fraction of sp³-hybridized carbons (Fsp3) is 0.500. The zero-order valence-corrected chi connectivity index (χ0v) is 8.57. The highest BCUT2D eigenvalue weighted by Crippen LogP contribution is 1.79. The maximum Gasteiger partial charge on any atom is 0.00859 e. The molecule has 0 atom stereocenters. The van der Waals surface area contributed by atoms with Crippen molar-refractivity contribution in [3.05, 3.63) is 12.2 Å². The van der Waals surface area contributed by atoms with Crippen LogP contribution in [0.5, 0.6) is 0 Å². The third-order valence-electron chi connectivity index (χ3n) is 0.946. The Hall–Kier alpha value is -1.14. The molecule has 0 rings (SSSR count). The highest BCUT2D eigenvalue weighted by Gasteiger charge is 1.63. The first-order chi connectivity index (χ1) is 5.83. The van der Waals surface area contributed by atoms with Gasteiger partial charge in [-0.1, -0.05) is 18.9 Å². The van der Waals surface area contributed by atoms with Gasteiger partial charge in [0.1, 0.15) is 0 Å². The second-order valence-corrected chi connectivity index (χ2v) is 2.07. The molecule has 0 heteroatoms. The summed E-state index contributed by atoms with van der Waals surface area (Å²) in [4.78, 5) is 0. The Morgan fingerprint density at radius 3 is 2.00 bits per heavy atom. The fourth-order valence-corrected chi connectivity index (χ4v) is 0.417. The molecule has 0 N–H and O–H groups in total. The van der Waals surface area contributed by atoms with E-state index in [0.29, 0.717) is 0 Å². The Morgan fingerprint density at radius 1 is 1.17 bits per heavy atom. The topological polar surface area (TPSA) is 0 Å². The van der Waals surface area contributed by atoms with Gasteiger partial charge in [0.25, 0.3) is 0 Å². The maximum absolute atomic E-state index is 2.95. The van der Waals surface area contributed by atoms with Crippen LogP contribution in [0.1, 0.15) is 40.5 Å². The quantitative estimate of drug-likeness (QED) is 0.518. The minimum atomic E-state index is 1.05. The van der Waals surface area contributed by atoms with Crippen molar-refractivity contribution in [2.24, 2.45) is 0 Å². The van der Waals surface area contributed by atoms with E-state index in [2.05, 4.69) is 30.6 Å². The van der Waals surface area contributed by atoms with Crippen LogP contribution in [0, 0.1) is 23.7 Å². The summed E-state index contributed by atoms with van der Waals surface area (Å²) in [7, 11) is 0. The minimum absolute atomic E-state index is 1.05. The zero-order chi connectivity index (χ0) is 9.66. The summed E-state index contributed by atoms with van der Waals surface area (Å²) in [6.07, 6.45) is 5.97. The lowest BCUT2D eigenvalue weighted by Gasteiger charge is -1.71. The summed E-state index contributed by atoms with van der Waals surface area (Å²) >= 11 is 0. The molecule has 0 bridgehead atoms. The van der Waals surface area contributed by atoms with Crippen molar-refractivity contribution < 1.29 is 0 Å². The van der Waals surface area contributed by atoms with Gasteiger partial charge in [0.15, 0.2) is 0 Å². The second kappa shape index (κ2) is 16.4. The summed E-state index contributed by atoms with van der Waals surface area (Å²) in [6, 6.07) is 0. The van der Waals surface area contributed by atoms with Gasteiger partial charge >= 0.3 is 0 Å². The first-order valence-corrected chi connectivity index (χ1v) is 4.26. The highest BCUT2D eigenvalue weighted by molar-refractivity contribution is 5.12. The molecule has 0 unspecified atom stereocenters. The summed E-state index contributed by atoms with van der Waals surface area (Å²) in [5.41, 5.74) is 0. The van der Waals surface area contributed by atoms with Crippen LogP contribution in [0.2, 0.25) is 0 Å². The average Bonchev–Trinajstić information content (AvgIpc) is 2.12. The van der Waals surface area contributed by atoms with Gasteiger partial charge in [0, 0.05) is 6.42 Å². The lowest BCUT2D eigenvalue weighted by Crippen LogP contribution is -1.56. The van der Waals surface area contributed by atoms with Gasteiger partial charge in [-0.05, 0) is 33.3 Å². The van der Waals surface area contributed by atoms with Gasteiger partial charge in [-0.25, -0.2) is 0 Å². The van der Waals surface area contributed by atoms with Crippen molar-refractivity contribution in [3.8, 4) is 23.7 Å². The van der Waals surface area contributed by atoms with E-state index in [-0.39, 0.29) is 0 Å². The molecule has 0 nitrogen and oxygen atoms in total. The Bertz CT molecular complexity index is 200. The Morgan fingerprint density at radius 2 is 1.83 bits per heavy atom. The van der Waals surface area contributed by atoms with Crippen LogP contribution < -0.4 is 0 Å². The standard InChI is InChI=1S/C6H10.C6H8/c2*1-3-5-6-4-2/h3,5H2,1-2H3;3,5H,1-2H3/b;5-3+. The predicted octanol–water partition coefficient (Wildman–Crippen LogP) is 3.40. The third kappa shape index (κ3) is 23.2. The van der Waals surface area contributed by atoms with Gasteiger partial charge in [-0.15, -0.1) is 17.8 Å². The van der Waals surface area contributed by atoms with Crippen molar-refractivity contribution in [1.82, 2.24) is 0 Å². The molecule has 0 saturated heterocycles. The molecule has 0 heterocycles. The van der Waals surface area contributed by atoms with Gasteiger partial charge in [-0.3, -0.25) is 0 Å². The van der Waals surface area contributed by atoms with E-state index in [9.17, 15) is 0 Å². The molecule has 0 aromatic rings. The number of allylic oxidation sites excluding steroid dienone is 2. The van der Waals surface area contributed by atoms with Gasteiger partial charge in [-0.2, -0.15) is 0 Å². The summed E-state index contributed by atoms with van der Waals surface area (Å²) < 4.78 is 0. The van der Waals surface area contributed by atoms with Crippen molar-refractivity contribution >= 4 is 0 Å². The van der Waals surface area contributed by atoms with E-state index in [1.807, 2.05) is 32.9 Å². The molecule has 66 valence electrons. The zero-order valence-electron chi connectivity index (χ0n) is 8.57. The van der Waals surface area contributed by atoms with E-state index < -0.39 is 0 Å². The molecule has 0 radical (unpaired) electrons. The molecule has 0 saturated carbocycles. The van der Waals surface area contributed by atoms with Gasteiger partial charge < -0.3 is 0 Å². The lowest BCUT2D eigenvalue weighted by molar-refractivity contribution is 0.983. The van der Waals surface area contributed by atoms with E-state index in [1.165, 1.54) is 6.42 Å². The molecule has 0 aliphatic carbocycles. The number of hydrogen-bond acceptors (Lipinski definition) is 0. The van der Waals surface area contributed by atoms with Crippen LogP contribution in [0.25, 0.3) is 0 Å². The molecular weight excluding hydrogens is 144 g/mol. The van der Waals surface area contributed by atoms with Crippen LogP contribution in [-0.4, -0.2) is 0 Å². The molecule has 0 aromatic carbocycles. The summed E-state index contributed by atoms with van der Waals surface area (Å²) in [5.74, 6) is 11.3. The Balaban J connectivity index is 0. The number of rotatable bonds is 1. The Kier molecular flexibility index (Phi) is 18.4. The van der Waals surface area contributed by atoms with Crippen molar-refractivity contribution in [1.29, 1.82) is 0 Å². The fourth-order valence-electron chi connectivity index (χ4n) is 0.417. The molecule has 0 aliphatic rings.